The van der Waals surface area contributed by atoms with Crippen LogP contribution in [-0.2, 0) is 21.0 Å². The number of oxazole rings is 1. The van der Waals surface area contributed by atoms with Gasteiger partial charge in [0.15, 0.2) is 32.0 Å². The summed E-state index contributed by atoms with van der Waals surface area (Å²) in [6, 6.07) is 4.70. The minimum Gasteiger partial charge on any atom is -0.604 e. The Morgan fingerprint density at radius 3 is 2.47 bits per heavy atom. The largest absolute Gasteiger partial charge is 0.604 e. The molecule has 1 aromatic carbocycles. The molecule has 4 rings (SSSR count). The summed E-state index contributed by atoms with van der Waals surface area (Å²) in [5.74, 6) is -0.411. The molecule has 0 aliphatic heterocycles. The fraction of sp³-hybridized carbons (Fsp3) is 0.167. The number of aromatic nitrogens is 5. The molecule has 0 saturated carbocycles. The van der Waals surface area contributed by atoms with Gasteiger partial charge in [0.2, 0.25) is 5.89 Å². The Kier molecular flexibility index (Phi) is 5.60. The van der Waals surface area contributed by atoms with Gasteiger partial charge in [0.05, 0.1) is 23.1 Å². The lowest BCUT2D eigenvalue weighted by Crippen LogP contribution is -2.23. The highest BCUT2D eigenvalue weighted by Gasteiger charge is 2.46. The highest BCUT2D eigenvalue weighted by atomic mass is 32.2. The molecule has 0 aliphatic carbocycles. The molecule has 0 spiro atoms. The topological polar surface area (TPSA) is 135 Å². The van der Waals surface area contributed by atoms with Crippen LogP contribution in [0.4, 0.5) is 13.2 Å². The smallest absolute Gasteiger partial charge is 0.578 e. The summed E-state index contributed by atoms with van der Waals surface area (Å²) < 4.78 is 80.7. The molecule has 0 aliphatic rings. The molecule has 0 saturated heterocycles. The van der Waals surface area contributed by atoms with Crippen LogP contribution in [0.15, 0.2) is 57.1 Å². The van der Waals surface area contributed by atoms with Crippen LogP contribution < -0.4 is 0 Å². The Bertz CT molecular complexity index is 1400. The second kappa shape index (κ2) is 8.11. The van der Waals surface area contributed by atoms with Crippen molar-refractivity contribution >= 4 is 32.1 Å². The first-order valence-corrected chi connectivity index (χ1v) is 11.7. The van der Waals surface area contributed by atoms with E-state index in [9.17, 15) is 26.1 Å². The molecule has 3 heterocycles. The van der Waals surface area contributed by atoms with E-state index >= 15 is 0 Å². The van der Waals surface area contributed by atoms with Gasteiger partial charge in [0, 0.05) is 18.5 Å². The van der Waals surface area contributed by atoms with Gasteiger partial charge in [-0.3, -0.25) is 0 Å². The minimum absolute atomic E-state index is 0.00299. The van der Waals surface area contributed by atoms with E-state index in [1.807, 2.05) is 0 Å². The van der Waals surface area contributed by atoms with Crippen LogP contribution in [0.1, 0.15) is 6.92 Å². The quantitative estimate of drug-likeness (QED) is 0.392. The molecular weight excluding hydrogens is 471 g/mol. The van der Waals surface area contributed by atoms with E-state index < -0.39 is 31.4 Å². The molecule has 1 atom stereocenters. The summed E-state index contributed by atoms with van der Waals surface area (Å²) in [4.78, 5) is 19.6. The molecule has 0 fully saturated rings. The Morgan fingerprint density at radius 1 is 1.09 bits per heavy atom. The summed E-state index contributed by atoms with van der Waals surface area (Å²) in [5.41, 5.74) is -5.14. The molecule has 0 amide bonds. The van der Waals surface area contributed by atoms with Crippen molar-refractivity contribution in [3.8, 4) is 23.2 Å². The lowest BCUT2D eigenvalue weighted by Gasteiger charge is -2.11. The number of hydrogen-bond acceptors (Lipinski definition) is 9. The summed E-state index contributed by atoms with van der Waals surface area (Å²) in [7, 11) is -3.82. The maximum atomic E-state index is 12.8. The van der Waals surface area contributed by atoms with E-state index in [0.717, 1.165) is 18.3 Å². The number of fused-ring (bicyclic) bond motifs is 1. The number of alkyl halides is 3. The van der Waals surface area contributed by atoms with E-state index in [2.05, 4.69) is 24.9 Å². The van der Waals surface area contributed by atoms with Crippen molar-refractivity contribution in [3.63, 3.8) is 0 Å². The van der Waals surface area contributed by atoms with Crippen LogP contribution in [0, 0.1) is 0 Å². The van der Waals surface area contributed by atoms with Crippen LogP contribution in [0.5, 0.6) is 0 Å². The van der Waals surface area contributed by atoms with Crippen molar-refractivity contribution in [1.82, 2.24) is 24.9 Å². The normalized spacial score (nSPS) is 13.4. The van der Waals surface area contributed by atoms with Gasteiger partial charge in [0.25, 0.3) is 0 Å². The first-order chi connectivity index (χ1) is 15.1. The average Bonchev–Trinajstić information content (AvgIpc) is 3.21. The van der Waals surface area contributed by atoms with Crippen molar-refractivity contribution < 1.29 is 30.6 Å². The van der Waals surface area contributed by atoms with Gasteiger partial charge in [-0.15, -0.1) is 13.2 Å². The molecule has 32 heavy (non-hydrogen) atoms. The maximum absolute atomic E-state index is 12.8. The zero-order valence-electron chi connectivity index (χ0n) is 16.1. The second-order valence-corrected chi connectivity index (χ2v) is 9.96. The highest BCUT2D eigenvalue weighted by molar-refractivity contribution is 7.92. The van der Waals surface area contributed by atoms with Crippen molar-refractivity contribution in [2.24, 2.45) is 0 Å². The number of benzene rings is 1. The number of nitrogens with zero attached hydrogens (tertiary/aromatic N) is 5. The lowest BCUT2D eigenvalue weighted by atomic mass is 10.3. The highest BCUT2D eigenvalue weighted by Crippen LogP contribution is 2.34. The summed E-state index contributed by atoms with van der Waals surface area (Å²) >= 11 is -3.26. The zero-order valence-corrected chi connectivity index (χ0v) is 17.7. The summed E-state index contributed by atoms with van der Waals surface area (Å²) in [6.45, 7) is 1.43. The standard InChI is InChI=1S/C18H12F3N5O4S2/c1-2-32(28,29)13-9-24-16(15-22-6-3-7-23-15)26-14(13)17-25-11-8-10(4-5-12(11)30-17)31(27)18(19,20)21/h3-9H,2H2,1H3. The third-order valence-corrected chi connectivity index (χ3v) is 7.05. The van der Waals surface area contributed by atoms with Crippen molar-refractivity contribution in [1.29, 1.82) is 0 Å². The number of hydrogen-bond donors (Lipinski definition) is 0. The van der Waals surface area contributed by atoms with E-state index in [1.165, 1.54) is 25.4 Å². The van der Waals surface area contributed by atoms with Gasteiger partial charge in [-0.25, -0.2) is 33.3 Å². The molecule has 0 bridgehead atoms. The van der Waals surface area contributed by atoms with Gasteiger partial charge in [-0.2, -0.15) is 0 Å². The third kappa shape index (κ3) is 4.16. The van der Waals surface area contributed by atoms with Crippen LogP contribution in [0.2, 0.25) is 0 Å². The summed E-state index contributed by atoms with van der Waals surface area (Å²) in [6.07, 6.45) is 3.97. The Labute approximate surface area is 181 Å². The van der Waals surface area contributed by atoms with E-state index in [4.69, 9.17) is 4.42 Å². The molecule has 9 nitrogen and oxygen atoms in total. The molecule has 0 radical (unpaired) electrons. The molecule has 1 unspecified atom stereocenters. The lowest BCUT2D eigenvalue weighted by molar-refractivity contribution is -0.0435. The fourth-order valence-corrected chi connectivity index (χ4v) is 4.32. The van der Waals surface area contributed by atoms with Crippen LogP contribution in [0.25, 0.3) is 34.3 Å². The summed E-state index contributed by atoms with van der Waals surface area (Å²) in [5, 5.41) is 0. The van der Waals surface area contributed by atoms with Gasteiger partial charge in [-0.05, 0) is 18.2 Å². The van der Waals surface area contributed by atoms with Crippen LogP contribution in [0.3, 0.4) is 0 Å². The van der Waals surface area contributed by atoms with Gasteiger partial charge in [-0.1, -0.05) is 6.92 Å². The zero-order chi connectivity index (χ0) is 23.1. The van der Waals surface area contributed by atoms with E-state index in [1.54, 1.807) is 6.07 Å². The Hall–Kier alpha value is -3.10. The number of halogens is 3. The Morgan fingerprint density at radius 2 is 1.81 bits per heavy atom. The van der Waals surface area contributed by atoms with Crippen molar-refractivity contribution in [2.45, 2.75) is 22.2 Å². The SMILES string of the molecule is CCS(=O)(=O)c1cnc(-c2ncccn2)nc1-c1nc2cc([S+]([O-])C(F)(F)F)ccc2o1. The number of rotatable bonds is 5. The van der Waals surface area contributed by atoms with Gasteiger partial charge >= 0.3 is 5.51 Å². The second-order valence-electron chi connectivity index (χ2n) is 6.25. The monoisotopic (exact) mass is 483 g/mol. The molecule has 14 heteroatoms. The molecular formula is C18H12F3N5O4S2. The Balaban J connectivity index is 1.89. The predicted molar refractivity (Wildman–Crippen MR) is 106 cm³/mol. The van der Waals surface area contributed by atoms with Crippen molar-refractivity contribution in [3.05, 3.63) is 42.9 Å². The third-order valence-electron chi connectivity index (χ3n) is 4.22. The molecule has 0 N–H and O–H groups in total. The van der Waals surface area contributed by atoms with E-state index in [-0.39, 0.29) is 45.0 Å². The first-order valence-electron chi connectivity index (χ1n) is 8.87. The minimum atomic E-state index is -4.94. The van der Waals surface area contributed by atoms with Crippen LogP contribution in [-0.4, -0.2) is 49.2 Å². The van der Waals surface area contributed by atoms with E-state index in [0.29, 0.717) is 0 Å². The molecule has 3 aromatic heterocycles. The number of sulfone groups is 1. The van der Waals surface area contributed by atoms with Gasteiger partial charge < -0.3 is 8.97 Å². The molecule has 4 aromatic rings. The fourth-order valence-electron chi connectivity index (χ4n) is 2.69. The predicted octanol–water partition coefficient (Wildman–Crippen LogP) is 3.16. The first kappa shape index (κ1) is 22.1. The van der Waals surface area contributed by atoms with Crippen LogP contribution >= 0.6 is 0 Å². The van der Waals surface area contributed by atoms with Gasteiger partial charge in [0.1, 0.15) is 16.1 Å². The average molecular weight is 483 g/mol. The molecule has 166 valence electrons. The van der Waals surface area contributed by atoms with Crippen molar-refractivity contribution in [2.75, 3.05) is 5.75 Å². The maximum Gasteiger partial charge on any atom is 0.578 e.